The highest BCUT2D eigenvalue weighted by atomic mass is 32.1. The molecule has 1 fully saturated rings. The number of carbonyl (C=O) groups excluding carboxylic acids is 6. The molecule has 0 saturated carbocycles. The van der Waals surface area contributed by atoms with E-state index < -0.39 is 29.7 Å². The summed E-state index contributed by atoms with van der Waals surface area (Å²) in [5.74, 6) is -1.53. The first-order valence-electron chi connectivity index (χ1n) is 19.6. The number of carbonyl (C=O) groups is 6. The molecule has 6 amide bonds. The predicted octanol–water partition coefficient (Wildman–Crippen LogP) is 5.69. The maximum atomic E-state index is 13.3. The standard InChI is InChI=1S/C45H41N5O9S/c1-26-6-3-4-9-33(26)42(54)49-17-16-29-24-30(10-13-36(29)49)40-27(2)60-45(48-40)47-39(52)23-28-7-5-8-31(22-28)58-20-18-57-19-21-59-32-11-12-34-35(25-32)44(56)50(43(34)55)37-14-15-38(51)46-41(37)53/h3-13,22,24-25,37H,14-21,23H2,1-2H3,(H,46,51,53)(H,47,48,52). The second-order valence-electron chi connectivity index (χ2n) is 14.6. The van der Waals surface area contributed by atoms with E-state index in [9.17, 15) is 28.8 Å². The Labute approximate surface area is 349 Å². The van der Waals surface area contributed by atoms with Crippen LogP contribution in [0.3, 0.4) is 0 Å². The van der Waals surface area contributed by atoms with Crippen molar-refractivity contribution in [3.8, 4) is 22.8 Å². The minimum atomic E-state index is -1.04. The van der Waals surface area contributed by atoms with Crippen LogP contribution in [0.2, 0.25) is 0 Å². The molecule has 0 bridgehead atoms. The number of hydrogen-bond donors (Lipinski definition) is 2. The van der Waals surface area contributed by atoms with Gasteiger partial charge in [-0.05, 0) is 91.9 Å². The first-order chi connectivity index (χ1) is 29.0. The van der Waals surface area contributed by atoms with Gasteiger partial charge in [-0.3, -0.25) is 39.0 Å². The van der Waals surface area contributed by atoms with Gasteiger partial charge in [0.25, 0.3) is 17.7 Å². The smallest absolute Gasteiger partial charge is 0.262 e. The van der Waals surface area contributed by atoms with E-state index in [1.165, 1.54) is 23.5 Å². The normalized spacial score (nSPS) is 15.8. The topological polar surface area (TPSA) is 174 Å². The fourth-order valence-corrected chi connectivity index (χ4v) is 8.46. The highest BCUT2D eigenvalue weighted by Gasteiger charge is 2.44. The van der Waals surface area contributed by atoms with E-state index >= 15 is 0 Å². The molecule has 3 aliphatic rings. The number of aryl methyl sites for hydroxylation is 2. The number of piperidine rings is 1. The number of fused-ring (bicyclic) bond motifs is 2. The van der Waals surface area contributed by atoms with E-state index in [-0.39, 0.29) is 68.6 Å². The summed E-state index contributed by atoms with van der Waals surface area (Å²) in [4.78, 5) is 84.7. The van der Waals surface area contributed by atoms with Crippen molar-refractivity contribution in [1.82, 2.24) is 15.2 Å². The van der Waals surface area contributed by atoms with Gasteiger partial charge in [-0.15, -0.1) is 11.3 Å². The van der Waals surface area contributed by atoms with Gasteiger partial charge in [-0.25, -0.2) is 4.98 Å². The van der Waals surface area contributed by atoms with Crippen molar-refractivity contribution in [1.29, 1.82) is 0 Å². The number of amides is 6. The molecule has 60 heavy (non-hydrogen) atoms. The molecule has 4 heterocycles. The summed E-state index contributed by atoms with van der Waals surface area (Å²) >= 11 is 1.41. The predicted molar refractivity (Wildman–Crippen MR) is 223 cm³/mol. The molecule has 3 aliphatic heterocycles. The summed E-state index contributed by atoms with van der Waals surface area (Å²) in [5, 5.41) is 5.63. The molecular weight excluding hydrogens is 787 g/mol. The van der Waals surface area contributed by atoms with Crippen molar-refractivity contribution < 1.29 is 43.0 Å². The van der Waals surface area contributed by atoms with E-state index in [1.54, 1.807) is 18.2 Å². The molecule has 2 N–H and O–H groups in total. The summed E-state index contributed by atoms with van der Waals surface area (Å²) in [6.07, 6.45) is 1.01. The average molecular weight is 828 g/mol. The Bertz CT molecular complexity index is 2550. The lowest BCUT2D eigenvalue weighted by Gasteiger charge is -2.27. The molecule has 0 spiro atoms. The van der Waals surface area contributed by atoms with Crippen LogP contribution in [0, 0.1) is 13.8 Å². The Morgan fingerprint density at radius 1 is 0.833 bits per heavy atom. The highest BCUT2D eigenvalue weighted by Crippen LogP contribution is 2.37. The number of nitrogens with zero attached hydrogens (tertiary/aromatic N) is 3. The first kappa shape index (κ1) is 40.1. The third-order valence-electron chi connectivity index (χ3n) is 10.6. The summed E-state index contributed by atoms with van der Waals surface area (Å²) in [6, 6.07) is 24.5. The molecule has 1 aromatic heterocycles. The average Bonchev–Trinajstić information content (AvgIpc) is 3.89. The molecule has 0 radical (unpaired) electrons. The van der Waals surface area contributed by atoms with Gasteiger partial charge in [0, 0.05) is 34.7 Å². The number of imide groups is 2. The van der Waals surface area contributed by atoms with Gasteiger partial charge in [0.05, 0.1) is 36.5 Å². The minimum Gasteiger partial charge on any atom is -0.491 e. The van der Waals surface area contributed by atoms with E-state index in [2.05, 4.69) is 16.7 Å². The van der Waals surface area contributed by atoms with Crippen molar-refractivity contribution in [2.24, 2.45) is 0 Å². The first-order valence-corrected chi connectivity index (χ1v) is 20.4. The molecule has 0 aliphatic carbocycles. The maximum absolute atomic E-state index is 13.3. The van der Waals surface area contributed by atoms with Crippen molar-refractivity contribution >= 4 is 57.6 Å². The quantitative estimate of drug-likeness (QED) is 0.105. The van der Waals surface area contributed by atoms with Crippen molar-refractivity contribution in [2.75, 3.05) is 43.2 Å². The Hall–Kier alpha value is -6.71. The number of anilines is 2. The summed E-state index contributed by atoms with van der Waals surface area (Å²) < 4.78 is 17.2. The zero-order chi connectivity index (χ0) is 41.9. The molecule has 1 saturated heterocycles. The van der Waals surface area contributed by atoms with E-state index in [0.29, 0.717) is 28.7 Å². The Morgan fingerprint density at radius 2 is 1.60 bits per heavy atom. The Kier molecular flexibility index (Phi) is 11.5. The van der Waals surface area contributed by atoms with Gasteiger partial charge < -0.3 is 24.4 Å². The van der Waals surface area contributed by atoms with Crippen LogP contribution in [0.5, 0.6) is 11.5 Å². The lowest BCUT2D eigenvalue weighted by atomic mass is 10.0. The maximum Gasteiger partial charge on any atom is 0.262 e. The lowest BCUT2D eigenvalue weighted by Crippen LogP contribution is -2.54. The number of aromatic nitrogens is 1. The van der Waals surface area contributed by atoms with Crippen LogP contribution in [0.25, 0.3) is 11.3 Å². The molecule has 5 aromatic rings. The highest BCUT2D eigenvalue weighted by molar-refractivity contribution is 7.16. The van der Waals surface area contributed by atoms with Crippen LogP contribution in [0.4, 0.5) is 10.8 Å². The van der Waals surface area contributed by atoms with Gasteiger partial charge in [0.15, 0.2) is 5.13 Å². The number of ether oxygens (including phenoxy) is 3. The minimum absolute atomic E-state index is 0.000500. The van der Waals surface area contributed by atoms with Gasteiger partial charge in [0.2, 0.25) is 17.7 Å². The van der Waals surface area contributed by atoms with Gasteiger partial charge >= 0.3 is 0 Å². The van der Waals surface area contributed by atoms with Gasteiger partial charge in [-0.2, -0.15) is 0 Å². The molecule has 1 atom stereocenters. The summed E-state index contributed by atoms with van der Waals surface area (Å²) in [6.45, 7) is 5.47. The molecule has 4 aromatic carbocycles. The third kappa shape index (κ3) is 8.40. The van der Waals surface area contributed by atoms with Crippen LogP contribution >= 0.6 is 11.3 Å². The molecule has 15 heteroatoms. The van der Waals surface area contributed by atoms with Crippen molar-refractivity contribution in [3.63, 3.8) is 0 Å². The molecule has 306 valence electrons. The van der Waals surface area contributed by atoms with Gasteiger partial charge in [0.1, 0.15) is 30.8 Å². The summed E-state index contributed by atoms with van der Waals surface area (Å²) in [7, 11) is 0. The fourth-order valence-electron chi connectivity index (χ4n) is 7.61. The number of thiazole rings is 1. The third-order valence-corrected chi connectivity index (χ3v) is 11.5. The Morgan fingerprint density at radius 3 is 2.38 bits per heavy atom. The number of nitrogens with one attached hydrogen (secondary N) is 2. The van der Waals surface area contributed by atoms with Crippen LogP contribution in [-0.2, 0) is 32.0 Å². The molecule has 1 unspecified atom stereocenters. The number of rotatable bonds is 14. The molecular formula is C45H41N5O9S. The van der Waals surface area contributed by atoms with E-state index in [1.807, 2.05) is 67.3 Å². The number of benzene rings is 4. The summed E-state index contributed by atoms with van der Waals surface area (Å²) in [5.41, 5.74) is 6.47. The second kappa shape index (κ2) is 17.3. The van der Waals surface area contributed by atoms with Crippen LogP contribution in [0.1, 0.15) is 65.5 Å². The van der Waals surface area contributed by atoms with E-state index in [0.717, 1.165) is 49.8 Å². The second-order valence-corrected chi connectivity index (χ2v) is 15.8. The Balaban J connectivity index is 0.771. The van der Waals surface area contributed by atoms with E-state index in [4.69, 9.17) is 19.2 Å². The van der Waals surface area contributed by atoms with Crippen LogP contribution < -0.4 is 25.0 Å². The zero-order valence-corrected chi connectivity index (χ0v) is 33.8. The lowest BCUT2D eigenvalue weighted by molar-refractivity contribution is -0.136. The van der Waals surface area contributed by atoms with Gasteiger partial charge in [-0.1, -0.05) is 36.4 Å². The van der Waals surface area contributed by atoms with Crippen molar-refractivity contribution in [2.45, 2.75) is 45.6 Å². The largest absolute Gasteiger partial charge is 0.491 e. The fraction of sp³-hybridized carbons (Fsp3) is 0.267. The van der Waals surface area contributed by atoms with Crippen molar-refractivity contribution in [3.05, 3.63) is 123 Å². The monoisotopic (exact) mass is 827 g/mol. The zero-order valence-electron chi connectivity index (χ0n) is 32.9. The molecule has 8 rings (SSSR count). The van der Waals surface area contributed by atoms with Crippen LogP contribution in [-0.4, -0.2) is 84.3 Å². The number of hydrogen-bond acceptors (Lipinski definition) is 11. The molecule has 14 nitrogen and oxygen atoms in total. The van der Waals surface area contributed by atoms with Crippen LogP contribution in [0.15, 0.2) is 84.9 Å². The SMILES string of the molecule is Cc1ccccc1C(=O)N1CCc2cc(-c3nc(NC(=O)Cc4cccc(OCCOCCOc5ccc6c(c5)C(=O)N(C5CCC(=O)NC5=O)C6=O)c4)sc3C)ccc21.